The molecular formula is C12H22N4O. The third-order valence-corrected chi connectivity index (χ3v) is 2.60. The number of aryl methyl sites for hydroxylation is 1. The number of anilines is 1. The zero-order chi connectivity index (χ0) is 13.0. The van der Waals surface area contributed by atoms with Gasteiger partial charge in [-0.15, -0.1) is 0 Å². The Labute approximate surface area is 102 Å². The molecule has 1 aromatic heterocycles. The van der Waals surface area contributed by atoms with Gasteiger partial charge in [-0.25, -0.2) is 0 Å². The second-order valence-electron chi connectivity index (χ2n) is 4.64. The maximum absolute atomic E-state index is 11.8. The zero-order valence-corrected chi connectivity index (χ0v) is 11.0. The van der Waals surface area contributed by atoms with E-state index in [9.17, 15) is 4.79 Å². The number of nitrogens with zero attached hydrogens (tertiary/aromatic N) is 2. The number of amides is 1. The molecule has 1 aromatic rings. The first kappa shape index (κ1) is 13.7. The van der Waals surface area contributed by atoms with Gasteiger partial charge in [-0.2, -0.15) is 5.10 Å². The first-order valence-corrected chi connectivity index (χ1v) is 6.05. The van der Waals surface area contributed by atoms with Crippen molar-refractivity contribution in [2.24, 2.45) is 12.8 Å². The largest absolute Gasteiger partial charge is 0.322 e. The van der Waals surface area contributed by atoms with Crippen molar-refractivity contribution in [3.05, 3.63) is 11.9 Å². The Morgan fingerprint density at radius 1 is 1.59 bits per heavy atom. The summed E-state index contributed by atoms with van der Waals surface area (Å²) < 4.78 is 1.70. The first-order valence-electron chi connectivity index (χ1n) is 6.05. The number of carbonyl (C=O) groups excluding carboxylic acids is 1. The number of nitrogens with one attached hydrogen (secondary N) is 1. The molecular weight excluding hydrogens is 216 g/mol. The summed E-state index contributed by atoms with van der Waals surface area (Å²) in [5.74, 6) is 0.135. The Morgan fingerprint density at radius 3 is 2.76 bits per heavy atom. The Bertz CT molecular complexity index is 384. The van der Waals surface area contributed by atoms with E-state index in [1.807, 2.05) is 34.0 Å². The van der Waals surface area contributed by atoms with Gasteiger partial charge < -0.3 is 11.1 Å². The van der Waals surface area contributed by atoms with Crippen LogP contribution in [0.3, 0.4) is 0 Å². The third-order valence-electron chi connectivity index (χ3n) is 2.60. The second-order valence-corrected chi connectivity index (χ2v) is 4.64. The Hall–Kier alpha value is -1.36. The van der Waals surface area contributed by atoms with Crippen LogP contribution in [-0.2, 0) is 11.8 Å². The first-order chi connectivity index (χ1) is 7.95. The monoisotopic (exact) mass is 238 g/mol. The highest BCUT2D eigenvalue weighted by Crippen LogP contribution is 2.22. The normalized spacial score (nSPS) is 12.8. The van der Waals surface area contributed by atoms with Crippen molar-refractivity contribution in [1.29, 1.82) is 0 Å². The van der Waals surface area contributed by atoms with Crippen molar-refractivity contribution >= 4 is 11.6 Å². The molecule has 1 amide bonds. The van der Waals surface area contributed by atoms with Crippen molar-refractivity contribution in [1.82, 2.24) is 9.78 Å². The lowest BCUT2D eigenvalue weighted by atomic mass is 10.1. The highest BCUT2D eigenvalue weighted by atomic mass is 16.2. The van der Waals surface area contributed by atoms with E-state index in [4.69, 9.17) is 5.73 Å². The van der Waals surface area contributed by atoms with Crippen LogP contribution >= 0.6 is 0 Å². The number of nitrogens with two attached hydrogens (primary N) is 1. The van der Waals surface area contributed by atoms with Crippen LogP contribution in [0.4, 0.5) is 5.69 Å². The summed E-state index contributed by atoms with van der Waals surface area (Å²) in [6.45, 7) is 6.10. The summed E-state index contributed by atoms with van der Waals surface area (Å²) in [5, 5.41) is 7.18. The lowest BCUT2D eigenvalue weighted by molar-refractivity contribution is -0.117. The van der Waals surface area contributed by atoms with E-state index in [2.05, 4.69) is 10.4 Å². The second kappa shape index (κ2) is 5.82. The molecule has 0 saturated heterocycles. The fourth-order valence-electron chi connectivity index (χ4n) is 1.70. The van der Waals surface area contributed by atoms with Gasteiger partial charge in [-0.05, 0) is 12.3 Å². The number of hydrogen-bond acceptors (Lipinski definition) is 3. The lowest BCUT2D eigenvalue weighted by Gasteiger charge is -2.11. The van der Waals surface area contributed by atoms with Crippen molar-refractivity contribution in [3.63, 3.8) is 0 Å². The van der Waals surface area contributed by atoms with Crippen LogP contribution in [0.2, 0.25) is 0 Å². The standard InChI is InChI=1S/C12H22N4O/c1-5-6-9(13)12(17)14-10-7-16(4)15-11(10)8(2)3/h7-9H,5-6,13H2,1-4H3,(H,14,17). The van der Waals surface area contributed by atoms with E-state index in [1.165, 1.54) is 0 Å². The molecule has 0 aliphatic carbocycles. The van der Waals surface area contributed by atoms with E-state index >= 15 is 0 Å². The van der Waals surface area contributed by atoms with Gasteiger partial charge in [0.05, 0.1) is 17.4 Å². The van der Waals surface area contributed by atoms with Crippen LogP contribution in [0.1, 0.15) is 45.2 Å². The molecule has 5 nitrogen and oxygen atoms in total. The molecule has 1 unspecified atom stereocenters. The third kappa shape index (κ3) is 3.56. The molecule has 0 bridgehead atoms. The summed E-state index contributed by atoms with van der Waals surface area (Å²) in [4.78, 5) is 11.8. The van der Waals surface area contributed by atoms with E-state index < -0.39 is 6.04 Å². The summed E-state index contributed by atoms with van der Waals surface area (Å²) in [5.41, 5.74) is 7.43. The average molecular weight is 238 g/mol. The average Bonchev–Trinajstić information content (AvgIpc) is 2.60. The topological polar surface area (TPSA) is 72.9 Å². The summed E-state index contributed by atoms with van der Waals surface area (Å²) in [6, 6.07) is -0.444. The van der Waals surface area contributed by atoms with Gasteiger partial charge >= 0.3 is 0 Å². The molecule has 0 saturated carbocycles. The summed E-state index contributed by atoms with van der Waals surface area (Å²) >= 11 is 0. The predicted molar refractivity (Wildman–Crippen MR) is 68.8 cm³/mol. The minimum atomic E-state index is -0.444. The maximum Gasteiger partial charge on any atom is 0.241 e. The van der Waals surface area contributed by atoms with Gasteiger partial charge in [0.25, 0.3) is 0 Å². The molecule has 0 aromatic carbocycles. The van der Waals surface area contributed by atoms with E-state index in [0.29, 0.717) is 6.42 Å². The molecule has 0 fully saturated rings. The Morgan fingerprint density at radius 2 is 2.24 bits per heavy atom. The number of aromatic nitrogens is 2. The molecule has 0 aliphatic rings. The van der Waals surface area contributed by atoms with E-state index in [0.717, 1.165) is 17.8 Å². The number of carbonyl (C=O) groups is 1. The van der Waals surface area contributed by atoms with Crippen molar-refractivity contribution in [2.45, 2.75) is 45.6 Å². The fraction of sp³-hybridized carbons (Fsp3) is 0.667. The maximum atomic E-state index is 11.8. The van der Waals surface area contributed by atoms with Crippen LogP contribution in [0.15, 0.2) is 6.20 Å². The van der Waals surface area contributed by atoms with Crippen LogP contribution in [0, 0.1) is 0 Å². The van der Waals surface area contributed by atoms with Crippen LogP contribution in [0.25, 0.3) is 0 Å². The van der Waals surface area contributed by atoms with Gasteiger partial charge in [0.1, 0.15) is 0 Å². The number of rotatable bonds is 5. The lowest BCUT2D eigenvalue weighted by Crippen LogP contribution is -2.35. The Balaban J connectivity index is 2.77. The van der Waals surface area contributed by atoms with Crippen molar-refractivity contribution < 1.29 is 4.79 Å². The molecule has 1 rings (SSSR count). The molecule has 96 valence electrons. The highest BCUT2D eigenvalue weighted by molar-refractivity contribution is 5.95. The number of hydrogen-bond donors (Lipinski definition) is 2. The van der Waals surface area contributed by atoms with Gasteiger partial charge in [0, 0.05) is 13.2 Å². The summed E-state index contributed by atoms with van der Waals surface area (Å²) in [7, 11) is 1.84. The van der Waals surface area contributed by atoms with Crippen LogP contribution in [-0.4, -0.2) is 21.7 Å². The minimum absolute atomic E-state index is 0.137. The zero-order valence-electron chi connectivity index (χ0n) is 11.0. The molecule has 0 aliphatic heterocycles. The van der Waals surface area contributed by atoms with Gasteiger partial charge in [0.2, 0.25) is 5.91 Å². The molecule has 1 atom stereocenters. The quantitative estimate of drug-likeness (QED) is 0.818. The highest BCUT2D eigenvalue weighted by Gasteiger charge is 2.17. The van der Waals surface area contributed by atoms with E-state index in [1.54, 1.807) is 4.68 Å². The molecule has 0 spiro atoms. The van der Waals surface area contributed by atoms with Crippen LogP contribution < -0.4 is 11.1 Å². The molecule has 3 N–H and O–H groups in total. The molecule has 0 radical (unpaired) electrons. The SMILES string of the molecule is CCCC(N)C(=O)Nc1cn(C)nc1C(C)C. The summed E-state index contributed by atoms with van der Waals surface area (Å²) in [6.07, 6.45) is 3.41. The smallest absolute Gasteiger partial charge is 0.241 e. The van der Waals surface area contributed by atoms with Gasteiger partial charge in [-0.1, -0.05) is 27.2 Å². The molecule has 5 heteroatoms. The van der Waals surface area contributed by atoms with Crippen molar-refractivity contribution in [2.75, 3.05) is 5.32 Å². The predicted octanol–water partition coefficient (Wildman–Crippen LogP) is 1.61. The van der Waals surface area contributed by atoms with E-state index in [-0.39, 0.29) is 11.8 Å². The Kier molecular flexibility index (Phi) is 4.69. The molecule has 17 heavy (non-hydrogen) atoms. The fourth-order valence-corrected chi connectivity index (χ4v) is 1.70. The minimum Gasteiger partial charge on any atom is -0.322 e. The van der Waals surface area contributed by atoms with Gasteiger partial charge in [0.15, 0.2) is 0 Å². The van der Waals surface area contributed by atoms with Crippen molar-refractivity contribution in [3.8, 4) is 0 Å². The van der Waals surface area contributed by atoms with Crippen LogP contribution in [0.5, 0.6) is 0 Å². The van der Waals surface area contributed by atoms with Gasteiger partial charge in [-0.3, -0.25) is 9.48 Å². The molecule has 1 heterocycles.